The number of nitrogens with one attached hydrogen (secondary N) is 1. The summed E-state index contributed by atoms with van der Waals surface area (Å²) in [6.45, 7) is 1.15. The average Bonchev–Trinajstić information content (AvgIpc) is 3.08. The maximum absolute atomic E-state index is 12.2. The van der Waals surface area contributed by atoms with Crippen LogP contribution in [-0.2, 0) is 6.54 Å². The van der Waals surface area contributed by atoms with Crippen molar-refractivity contribution in [3.05, 3.63) is 46.0 Å². The zero-order valence-corrected chi connectivity index (χ0v) is 13.4. The minimum Gasteiger partial charge on any atom is -0.397 e. The van der Waals surface area contributed by atoms with Gasteiger partial charge in [0, 0.05) is 33.5 Å². The van der Waals surface area contributed by atoms with Gasteiger partial charge in [-0.05, 0) is 24.3 Å². The van der Waals surface area contributed by atoms with Crippen LogP contribution in [0.3, 0.4) is 0 Å². The van der Waals surface area contributed by atoms with Crippen molar-refractivity contribution in [3.63, 3.8) is 0 Å². The lowest BCUT2D eigenvalue weighted by molar-refractivity contribution is 0.0957. The predicted molar refractivity (Wildman–Crippen MR) is 88.5 cm³/mol. The molecule has 0 spiro atoms. The first-order valence-corrected chi connectivity index (χ1v) is 7.99. The number of halogens is 1. The van der Waals surface area contributed by atoms with E-state index < -0.39 is 0 Å². The van der Waals surface area contributed by atoms with Gasteiger partial charge in [0.1, 0.15) is 4.88 Å². The lowest BCUT2D eigenvalue weighted by Crippen LogP contribution is -2.27. The molecule has 0 unspecified atom stereocenters. The summed E-state index contributed by atoms with van der Waals surface area (Å²) in [6.07, 6.45) is 3.57. The lowest BCUT2D eigenvalue weighted by atomic mass is 10.2. The molecule has 7 heteroatoms. The number of aromatic nitrogens is 2. The van der Waals surface area contributed by atoms with Crippen LogP contribution < -0.4 is 11.1 Å². The van der Waals surface area contributed by atoms with Gasteiger partial charge in [0.25, 0.3) is 5.91 Å². The number of carbonyl (C=O) groups excluding carboxylic acids is 1. The Kier molecular flexibility index (Phi) is 3.94. The van der Waals surface area contributed by atoms with E-state index in [-0.39, 0.29) is 5.91 Å². The Bertz CT molecular complexity index is 782. The average molecular weight is 365 g/mol. The maximum Gasteiger partial charge on any atom is 0.263 e. The molecule has 0 radical (unpaired) electrons. The van der Waals surface area contributed by atoms with Crippen LogP contribution in [0.25, 0.3) is 10.1 Å². The number of amides is 1. The van der Waals surface area contributed by atoms with Crippen LogP contribution in [0, 0.1) is 0 Å². The van der Waals surface area contributed by atoms with Crippen LogP contribution in [0.1, 0.15) is 9.67 Å². The van der Waals surface area contributed by atoms with Crippen molar-refractivity contribution >= 4 is 48.9 Å². The van der Waals surface area contributed by atoms with Crippen molar-refractivity contribution in [2.75, 3.05) is 12.3 Å². The Balaban J connectivity index is 1.73. The summed E-state index contributed by atoms with van der Waals surface area (Å²) in [5, 5.41) is 7.87. The molecule has 3 N–H and O–H groups in total. The van der Waals surface area contributed by atoms with Gasteiger partial charge >= 0.3 is 0 Å². The van der Waals surface area contributed by atoms with Crippen LogP contribution in [0.4, 0.5) is 5.69 Å². The zero-order chi connectivity index (χ0) is 14.8. The number of nitrogen functional groups attached to an aromatic ring is 1. The number of fused-ring (bicyclic) bond motifs is 1. The highest BCUT2D eigenvalue weighted by Crippen LogP contribution is 2.35. The van der Waals surface area contributed by atoms with Gasteiger partial charge in [-0.25, -0.2) is 0 Å². The molecule has 2 heterocycles. The summed E-state index contributed by atoms with van der Waals surface area (Å²) in [5.74, 6) is -0.142. The van der Waals surface area contributed by atoms with Gasteiger partial charge in [0.05, 0.1) is 12.2 Å². The number of anilines is 1. The van der Waals surface area contributed by atoms with E-state index in [4.69, 9.17) is 5.73 Å². The van der Waals surface area contributed by atoms with Gasteiger partial charge in [-0.3, -0.25) is 9.48 Å². The Labute approximate surface area is 133 Å². The first-order chi connectivity index (χ1) is 10.1. The molecule has 0 bridgehead atoms. The largest absolute Gasteiger partial charge is 0.397 e. The number of thiophene rings is 1. The molecule has 0 saturated heterocycles. The van der Waals surface area contributed by atoms with Crippen molar-refractivity contribution in [1.82, 2.24) is 15.1 Å². The van der Waals surface area contributed by atoms with Gasteiger partial charge in [0.15, 0.2) is 0 Å². The molecule has 0 aliphatic rings. The Morgan fingerprint density at radius 1 is 1.48 bits per heavy atom. The summed E-state index contributed by atoms with van der Waals surface area (Å²) in [6, 6.07) is 7.68. The third kappa shape index (κ3) is 2.93. The molecule has 0 saturated carbocycles. The standard InChI is InChI=1S/C14H13BrN4OS/c15-9-2-3-11-10(8-9)12(16)13(21-11)14(20)17-5-7-19-6-1-4-18-19/h1-4,6,8H,5,7,16H2,(H,17,20). The molecular weight excluding hydrogens is 352 g/mol. The molecule has 2 aromatic heterocycles. The molecule has 108 valence electrons. The van der Waals surface area contributed by atoms with E-state index in [1.165, 1.54) is 11.3 Å². The Morgan fingerprint density at radius 3 is 3.10 bits per heavy atom. The predicted octanol–water partition coefficient (Wildman–Crippen LogP) is 2.87. The van der Waals surface area contributed by atoms with Crippen molar-refractivity contribution in [1.29, 1.82) is 0 Å². The number of nitrogens with two attached hydrogens (primary N) is 1. The smallest absolute Gasteiger partial charge is 0.263 e. The first-order valence-electron chi connectivity index (χ1n) is 6.38. The Hall–Kier alpha value is -1.86. The third-order valence-electron chi connectivity index (χ3n) is 3.08. The maximum atomic E-state index is 12.2. The number of carbonyl (C=O) groups is 1. The second-order valence-electron chi connectivity index (χ2n) is 4.51. The van der Waals surface area contributed by atoms with Gasteiger partial charge in [0.2, 0.25) is 0 Å². The van der Waals surface area contributed by atoms with Crippen LogP contribution in [0.2, 0.25) is 0 Å². The first kappa shape index (κ1) is 14.1. The fourth-order valence-corrected chi connectivity index (χ4v) is 3.44. The molecule has 5 nitrogen and oxygen atoms in total. The number of hydrogen-bond donors (Lipinski definition) is 2. The number of nitrogens with zero attached hydrogens (tertiary/aromatic N) is 2. The van der Waals surface area contributed by atoms with Gasteiger partial charge < -0.3 is 11.1 Å². The van der Waals surface area contributed by atoms with Crippen molar-refractivity contribution < 1.29 is 4.79 Å². The van der Waals surface area contributed by atoms with Crippen molar-refractivity contribution in [2.24, 2.45) is 0 Å². The van der Waals surface area contributed by atoms with Crippen molar-refractivity contribution in [2.45, 2.75) is 6.54 Å². The molecule has 0 fully saturated rings. The summed E-state index contributed by atoms with van der Waals surface area (Å²) in [5.41, 5.74) is 6.62. The number of benzene rings is 1. The Morgan fingerprint density at radius 2 is 2.33 bits per heavy atom. The van der Waals surface area contributed by atoms with E-state index in [9.17, 15) is 4.79 Å². The fourth-order valence-electron chi connectivity index (χ4n) is 2.05. The lowest BCUT2D eigenvalue weighted by Gasteiger charge is -2.04. The molecule has 0 aliphatic carbocycles. The van der Waals surface area contributed by atoms with E-state index in [1.54, 1.807) is 10.9 Å². The molecule has 0 aliphatic heterocycles. The summed E-state index contributed by atoms with van der Waals surface area (Å²) in [7, 11) is 0. The van der Waals surface area contributed by atoms with Gasteiger partial charge in [-0.2, -0.15) is 5.10 Å². The summed E-state index contributed by atoms with van der Waals surface area (Å²) < 4.78 is 3.73. The molecule has 1 amide bonds. The highest BCUT2D eigenvalue weighted by atomic mass is 79.9. The molecular formula is C14H13BrN4OS. The topological polar surface area (TPSA) is 72.9 Å². The summed E-state index contributed by atoms with van der Waals surface area (Å²) >= 11 is 4.82. The normalized spacial score (nSPS) is 10.9. The van der Waals surface area contributed by atoms with Crippen LogP contribution >= 0.6 is 27.3 Å². The van der Waals surface area contributed by atoms with E-state index in [1.807, 2.05) is 30.5 Å². The minimum atomic E-state index is -0.142. The molecule has 3 rings (SSSR count). The molecule has 21 heavy (non-hydrogen) atoms. The number of rotatable bonds is 4. The highest BCUT2D eigenvalue weighted by Gasteiger charge is 2.16. The van der Waals surface area contributed by atoms with E-state index in [0.29, 0.717) is 23.7 Å². The zero-order valence-electron chi connectivity index (χ0n) is 11.0. The van der Waals surface area contributed by atoms with Crippen LogP contribution in [-0.4, -0.2) is 22.2 Å². The summed E-state index contributed by atoms with van der Waals surface area (Å²) in [4.78, 5) is 12.8. The number of hydrogen-bond acceptors (Lipinski definition) is 4. The monoisotopic (exact) mass is 364 g/mol. The van der Waals surface area contributed by atoms with Crippen molar-refractivity contribution in [3.8, 4) is 0 Å². The third-order valence-corrected chi connectivity index (χ3v) is 4.76. The van der Waals surface area contributed by atoms with Gasteiger partial charge in [-0.15, -0.1) is 11.3 Å². The molecule has 3 aromatic rings. The van der Waals surface area contributed by atoms with Crippen LogP contribution in [0.15, 0.2) is 41.1 Å². The van der Waals surface area contributed by atoms with Crippen LogP contribution in [0.5, 0.6) is 0 Å². The second-order valence-corrected chi connectivity index (χ2v) is 6.48. The van der Waals surface area contributed by atoms with E-state index in [2.05, 4.69) is 26.3 Å². The molecule has 1 aromatic carbocycles. The SMILES string of the molecule is Nc1c(C(=O)NCCn2cccn2)sc2ccc(Br)cc12. The quantitative estimate of drug-likeness (QED) is 0.747. The molecule has 0 atom stereocenters. The van der Waals surface area contributed by atoms with E-state index in [0.717, 1.165) is 14.6 Å². The highest BCUT2D eigenvalue weighted by molar-refractivity contribution is 9.10. The van der Waals surface area contributed by atoms with Gasteiger partial charge in [-0.1, -0.05) is 15.9 Å². The second kappa shape index (κ2) is 5.87. The fraction of sp³-hybridized carbons (Fsp3) is 0.143. The minimum absolute atomic E-state index is 0.142. The van der Waals surface area contributed by atoms with E-state index >= 15 is 0 Å².